The predicted octanol–water partition coefficient (Wildman–Crippen LogP) is 2.22. The van der Waals surface area contributed by atoms with Crippen molar-refractivity contribution in [1.82, 2.24) is 0 Å². The first-order valence-corrected chi connectivity index (χ1v) is 11.5. The van der Waals surface area contributed by atoms with Crippen LogP contribution in [0.2, 0.25) is 0 Å². The summed E-state index contributed by atoms with van der Waals surface area (Å²) < 4.78 is 40.4. The van der Waals surface area contributed by atoms with Gasteiger partial charge in [0.05, 0.1) is 13.2 Å². The van der Waals surface area contributed by atoms with Gasteiger partial charge in [0.15, 0.2) is 0 Å². The van der Waals surface area contributed by atoms with E-state index in [9.17, 15) is 13.2 Å². The molecule has 0 aliphatic carbocycles. The van der Waals surface area contributed by atoms with Crippen molar-refractivity contribution >= 4 is 16.4 Å². The van der Waals surface area contributed by atoms with Gasteiger partial charge in [-0.15, -0.1) is 0 Å². The minimum atomic E-state index is -4.38. The summed E-state index contributed by atoms with van der Waals surface area (Å²) in [5.41, 5.74) is 0. The molecule has 0 fully saturated rings. The van der Waals surface area contributed by atoms with Crippen LogP contribution in [0.25, 0.3) is 0 Å². The number of hydrogen-bond donors (Lipinski definition) is 1. The van der Waals surface area contributed by atoms with Gasteiger partial charge in [0.25, 0.3) is 0 Å². The molecule has 0 aromatic rings. The summed E-state index contributed by atoms with van der Waals surface area (Å²) in [7, 11) is -2.98. The van der Waals surface area contributed by atoms with Crippen LogP contribution in [-0.4, -0.2) is 32.2 Å². The van der Waals surface area contributed by atoms with E-state index in [1.807, 2.05) is 0 Å². The Bertz CT molecular complexity index is 441. The summed E-state index contributed by atoms with van der Waals surface area (Å²) in [6.07, 6.45) is 14.0. The van der Waals surface area contributed by atoms with Crippen molar-refractivity contribution in [2.75, 3.05) is 7.11 Å². The fourth-order valence-electron chi connectivity index (χ4n) is 3.02. The van der Waals surface area contributed by atoms with Crippen LogP contribution >= 0.6 is 0 Å². The van der Waals surface area contributed by atoms with E-state index in [-0.39, 0.29) is 35.5 Å². The molecule has 0 radical (unpaired) electrons. The summed E-state index contributed by atoms with van der Waals surface area (Å²) >= 11 is 0. The van der Waals surface area contributed by atoms with Crippen LogP contribution in [0.5, 0.6) is 0 Å². The van der Waals surface area contributed by atoms with E-state index in [0.29, 0.717) is 19.3 Å². The molecule has 0 aliphatic heterocycles. The first-order chi connectivity index (χ1) is 12.4. The van der Waals surface area contributed by atoms with Crippen molar-refractivity contribution in [1.29, 1.82) is 0 Å². The number of hydrogen-bond acceptors (Lipinski definition) is 5. The van der Waals surface area contributed by atoms with Gasteiger partial charge in [-0.25, -0.2) is 4.18 Å². The third kappa shape index (κ3) is 22.5. The molecule has 0 saturated carbocycles. The third-order valence-corrected chi connectivity index (χ3v) is 5.04. The predicted molar refractivity (Wildman–Crippen MR) is 103 cm³/mol. The number of ether oxygens (including phenoxy) is 1. The van der Waals surface area contributed by atoms with Crippen molar-refractivity contribution < 1.29 is 56.2 Å². The molecule has 1 unspecified atom stereocenters. The van der Waals surface area contributed by atoms with Crippen LogP contribution in [0.1, 0.15) is 103 Å². The van der Waals surface area contributed by atoms with Crippen LogP contribution in [-0.2, 0) is 24.1 Å². The number of rotatable bonds is 18. The Balaban J connectivity index is 0. The molecule has 27 heavy (non-hydrogen) atoms. The van der Waals surface area contributed by atoms with Gasteiger partial charge in [-0.2, -0.15) is 8.42 Å². The molecule has 6 nitrogen and oxygen atoms in total. The van der Waals surface area contributed by atoms with Crippen LogP contribution in [0.4, 0.5) is 0 Å². The first kappa shape index (κ1) is 29.5. The second-order valence-corrected chi connectivity index (χ2v) is 7.99. The zero-order valence-electron chi connectivity index (χ0n) is 17.6. The van der Waals surface area contributed by atoms with E-state index in [0.717, 1.165) is 57.8 Å². The van der Waals surface area contributed by atoms with Gasteiger partial charge in [-0.1, -0.05) is 77.6 Å². The van der Waals surface area contributed by atoms with E-state index in [1.165, 1.54) is 26.4 Å². The molecular weight excluding hydrogens is 379 g/mol. The molecule has 0 amide bonds. The number of unbranched alkanes of at least 4 members (excludes halogenated alkanes) is 10. The molecule has 0 bridgehead atoms. The van der Waals surface area contributed by atoms with E-state index in [2.05, 4.69) is 11.7 Å². The molecule has 0 heterocycles. The SMILES string of the molecule is CCCCCCCCC(CCCCCCCCC(=O)OC)OS(=O)(=O)O.[Na+]. The molecule has 0 rings (SSSR count). The maximum Gasteiger partial charge on any atom is 1.00 e. The Kier molecular flexibility index (Phi) is 21.5. The standard InChI is InChI=1S/C19H38O6S.Na/c1-3-4-5-6-9-12-15-18(25-26(21,22)23)16-13-10-7-8-11-14-17-19(20)24-2;/h18H,3-17H2,1-2H3,(H,21,22,23);/q;+1. The average Bonchev–Trinajstić information content (AvgIpc) is 2.58. The van der Waals surface area contributed by atoms with Crippen molar-refractivity contribution in [3.05, 3.63) is 0 Å². The summed E-state index contributed by atoms with van der Waals surface area (Å²) in [6, 6.07) is 0. The second kappa shape index (κ2) is 19.6. The molecule has 8 heteroatoms. The fraction of sp³-hybridized carbons (Fsp3) is 0.947. The van der Waals surface area contributed by atoms with E-state index in [4.69, 9.17) is 8.74 Å². The first-order valence-electron chi connectivity index (χ1n) is 10.1. The molecule has 1 atom stereocenters. The molecule has 1 N–H and O–H groups in total. The summed E-state index contributed by atoms with van der Waals surface area (Å²) in [4.78, 5) is 11.0. The maximum absolute atomic E-state index is 11.0. The number of esters is 1. The van der Waals surface area contributed by atoms with Gasteiger partial charge in [-0.3, -0.25) is 9.35 Å². The largest absolute Gasteiger partial charge is 1.00 e. The molecule has 0 aromatic carbocycles. The van der Waals surface area contributed by atoms with Gasteiger partial charge in [-0.05, 0) is 19.3 Å². The van der Waals surface area contributed by atoms with Crippen LogP contribution in [0.15, 0.2) is 0 Å². The van der Waals surface area contributed by atoms with Crippen LogP contribution in [0.3, 0.4) is 0 Å². The van der Waals surface area contributed by atoms with Gasteiger partial charge in [0.1, 0.15) is 0 Å². The maximum atomic E-state index is 11.0. The van der Waals surface area contributed by atoms with Crippen molar-refractivity contribution in [3.63, 3.8) is 0 Å². The smallest absolute Gasteiger partial charge is 0.469 e. The number of carbonyl (C=O) groups excluding carboxylic acids is 1. The number of carbonyl (C=O) groups is 1. The van der Waals surface area contributed by atoms with Crippen molar-refractivity contribution in [2.24, 2.45) is 0 Å². The quantitative estimate of drug-likeness (QED) is 0.159. The fourth-order valence-corrected chi connectivity index (χ4v) is 3.55. The van der Waals surface area contributed by atoms with E-state index >= 15 is 0 Å². The molecule has 0 aliphatic rings. The topological polar surface area (TPSA) is 89.9 Å². The molecule has 0 saturated heterocycles. The zero-order valence-corrected chi connectivity index (χ0v) is 20.4. The van der Waals surface area contributed by atoms with E-state index in [1.54, 1.807) is 0 Å². The second-order valence-electron chi connectivity index (χ2n) is 6.94. The average molecular weight is 418 g/mol. The Morgan fingerprint density at radius 3 is 1.74 bits per heavy atom. The molecule has 0 aromatic heterocycles. The van der Waals surface area contributed by atoms with Crippen LogP contribution < -0.4 is 29.6 Å². The summed E-state index contributed by atoms with van der Waals surface area (Å²) in [5.74, 6) is -0.162. The van der Waals surface area contributed by atoms with Gasteiger partial charge < -0.3 is 4.74 Å². The zero-order chi connectivity index (χ0) is 19.7. The Morgan fingerprint density at radius 2 is 1.30 bits per heavy atom. The normalized spacial score (nSPS) is 12.4. The third-order valence-electron chi connectivity index (χ3n) is 4.52. The monoisotopic (exact) mass is 417 g/mol. The van der Waals surface area contributed by atoms with Gasteiger partial charge in [0, 0.05) is 6.42 Å². The van der Waals surface area contributed by atoms with Crippen molar-refractivity contribution in [3.8, 4) is 0 Å². The summed E-state index contributed by atoms with van der Waals surface area (Å²) in [5, 5.41) is 0. The Hall–Kier alpha value is 0.340. The minimum Gasteiger partial charge on any atom is -0.469 e. The van der Waals surface area contributed by atoms with Gasteiger partial charge >= 0.3 is 45.9 Å². The van der Waals surface area contributed by atoms with Crippen molar-refractivity contribution in [2.45, 2.75) is 109 Å². The molecule has 156 valence electrons. The van der Waals surface area contributed by atoms with Crippen LogP contribution in [0, 0.1) is 0 Å². The Labute approximate surface area is 188 Å². The van der Waals surface area contributed by atoms with Gasteiger partial charge in [0.2, 0.25) is 0 Å². The molecular formula is C19H38NaO6S+. The summed E-state index contributed by atoms with van der Waals surface area (Å²) in [6.45, 7) is 2.18. The number of methoxy groups -OCH3 is 1. The minimum absolute atomic E-state index is 0. The Morgan fingerprint density at radius 1 is 0.852 bits per heavy atom. The van der Waals surface area contributed by atoms with E-state index < -0.39 is 16.5 Å². The molecule has 0 spiro atoms.